The molecule has 0 saturated heterocycles. The smallest absolute Gasteiger partial charge is 0.408 e. The molecule has 120 valence electrons. The van der Waals surface area contributed by atoms with Gasteiger partial charge in [0.05, 0.1) is 5.69 Å². The zero-order valence-corrected chi connectivity index (χ0v) is 15.1. The fourth-order valence-electron chi connectivity index (χ4n) is 2.02. The first kappa shape index (κ1) is 16.9. The van der Waals surface area contributed by atoms with E-state index >= 15 is 0 Å². The lowest BCUT2D eigenvalue weighted by molar-refractivity contribution is -0.120. The minimum atomic E-state index is -0.787. The van der Waals surface area contributed by atoms with Gasteiger partial charge in [0.15, 0.2) is 0 Å². The molecule has 7 heteroatoms. The monoisotopic (exact) mass is 418 g/mol. The number of carbonyl (C=O) groups excluding carboxylic acids is 2. The summed E-state index contributed by atoms with van der Waals surface area (Å²) >= 11 is 2.17. The first-order valence-electron chi connectivity index (χ1n) is 6.87. The van der Waals surface area contributed by atoms with E-state index in [1.54, 1.807) is 27.8 Å². The van der Waals surface area contributed by atoms with Crippen LogP contribution in [-0.4, -0.2) is 37.3 Å². The van der Waals surface area contributed by atoms with Crippen LogP contribution in [0.3, 0.4) is 0 Å². The molecule has 1 aliphatic rings. The summed E-state index contributed by atoms with van der Waals surface area (Å²) in [6.45, 7) is 5.36. The quantitative estimate of drug-likeness (QED) is 0.712. The Morgan fingerprint density at radius 3 is 2.77 bits per heavy atom. The predicted molar refractivity (Wildman–Crippen MR) is 91.2 cm³/mol. The van der Waals surface area contributed by atoms with Gasteiger partial charge in [0.1, 0.15) is 24.0 Å². The van der Waals surface area contributed by atoms with Gasteiger partial charge in [0, 0.05) is 10.6 Å². The topological polar surface area (TPSA) is 67.9 Å². The maximum Gasteiger partial charge on any atom is 0.408 e. The highest BCUT2D eigenvalue weighted by atomic mass is 127. The minimum Gasteiger partial charge on any atom is -0.489 e. The lowest BCUT2D eigenvalue weighted by atomic mass is 10.2. The van der Waals surface area contributed by atoms with Gasteiger partial charge in [-0.25, -0.2) is 4.79 Å². The summed E-state index contributed by atoms with van der Waals surface area (Å²) in [5.74, 6) is 0.372. The highest BCUT2D eigenvalue weighted by Crippen LogP contribution is 2.32. The third kappa shape index (κ3) is 4.02. The Kier molecular flexibility index (Phi) is 4.84. The number of anilines is 1. The maximum absolute atomic E-state index is 12.5. The molecule has 2 amide bonds. The number of benzene rings is 1. The number of hydrogen-bond donors (Lipinski definition) is 1. The molecule has 0 fully saturated rings. The number of nitrogens with one attached hydrogen (secondary N) is 1. The number of ether oxygens (including phenoxy) is 2. The van der Waals surface area contributed by atoms with E-state index in [1.165, 1.54) is 4.90 Å². The molecular formula is C15H19IN2O4. The molecule has 0 aromatic heterocycles. The Balaban J connectivity index is 2.15. The van der Waals surface area contributed by atoms with Crippen molar-refractivity contribution in [2.24, 2.45) is 0 Å². The van der Waals surface area contributed by atoms with Crippen LogP contribution in [0.1, 0.15) is 20.8 Å². The molecule has 22 heavy (non-hydrogen) atoms. The van der Waals surface area contributed by atoms with Gasteiger partial charge in [-0.05, 0) is 61.6 Å². The number of hydrogen-bond acceptors (Lipinski definition) is 4. The molecule has 0 radical (unpaired) electrons. The summed E-state index contributed by atoms with van der Waals surface area (Å²) in [5.41, 5.74) is 0.0642. The van der Waals surface area contributed by atoms with Gasteiger partial charge in [-0.1, -0.05) is 0 Å². The van der Waals surface area contributed by atoms with Gasteiger partial charge >= 0.3 is 6.09 Å². The fraction of sp³-hybridized carbons (Fsp3) is 0.467. The first-order chi connectivity index (χ1) is 10.2. The standard InChI is InChI=1S/C15H19IN2O4/c1-15(2,3)22-14(20)17-10-8-21-12-6-5-9(16)7-11(12)18(4)13(10)19/h5-7,10H,8H2,1-4H3,(H,17,20)/t10-/m0/s1. The number of halogens is 1. The van der Waals surface area contributed by atoms with Gasteiger partial charge in [-0.2, -0.15) is 0 Å². The highest BCUT2D eigenvalue weighted by molar-refractivity contribution is 14.1. The minimum absolute atomic E-state index is 0.0655. The predicted octanol–water partition coefficient (Wildman–Crippen LogP) is 2.54. The van der Waals surface area contributed by atoms with E-state index in [9.17, 15) is 9.59 Å². The van der Waals surface area contributed by atoms with Gasteiger partial charge < -0.3 is 19.7 Å². The largest absolute Gasteiger partial charge is 0.489 e. The number of alkyl carbamates (subject to hydrolysis) is 1. The fourth-order valence-corrected chi connectivity index (χ4v) is 2.50. The number of carbonyl (C=O) groups is 2. The third-order valence-electron chi connectivity index (χ3n) is 3.01. The molecule has 0 unspecified atom stereocenters. The summed E-state index contributed by atoms with van der Waals surface area (Å²) in [6.07, 6.45) is -0.636. The number of nitrogens with zero attached hydrogens (tertiary/aromatic N) is 1. The van der Waals surface area contributed by atoms with E-state index in [0.29, 0.717) is 11.4 Å². The molecule has 1 aromatic carbocycles. The van der Waals surface area contributed by atoms with Gasteiger partial charge in [-0.3, -0.25) is 4.79 Å². The van der Waals surface area contributed by atoms with Crippen molar-refractivity contribution in [3.8, 4) is 5.75 Å². The Morgan fingerprint density at radius 1 is 1.45 bits per heavy atom. The van der Waals surface area contributed by atoms with Crippen LogP contribution in [0.15, 0.2) is 18.2 Å². The normalized spacial score (nSPS) is 18.1. The zero-order chi connectivity index (χ0) is 16.5. The van der Waals surface area contributed by atoms with E-state index in [4.69, 9.17) is 9.47 Å². The third-order valence-corrected chi connectivity index (χ3v) is 3.68. The number of likely N-dealkylation sites (N-methyl/N-ethyl adjacent to an activating group) is 1. The summed E-state index contributed by atoms with van der Waals surface area (Å²) < 4.78 is 11.8. The molecular weight excluding hydrogens is 399 g/mol. The number of fused-ring (bicyclic) bond motifs is 1. The average molecular weight is 418 g/mol. The zero-order valence-electron chi connectivity index (χ0n) is 13.0. The Morgan fingerprint density at radius 2 is 2.14 bits per heavy atom. The molecule has 1 aromatic rings. The van der Waals surface area contributed by atoms with Crippen molar-refractivity contribution < 1.29 is 19.1 Å². The van der Waals surface area contributed by atoms with Crippen LogP contribution in [0.4, 0.5) is 10.5 Å². The number of rotatable bonds is 1. The van der Waals surface area contributed by atoms with Crippen LogP contribution in [-0.2, 0) is 9.53 Å². The SMILES string of the molecule is CN1C(=O)[C@@H](NC(=O)OC(C)(C)C)COc2ccc(I)cc21. The summed E-state index contributed by atoms with van der Waals surface area (Å²) in [7, 11) is 1.66. The second kappa shape index (κ2) is 6.31. The summed E-state index contributed by atoms with van der Waals surface area (Å²) in [4.78, 5) is 25.8. The molecule has 0 saturated carbocycles. The highest BCUT2D eigenvalue weighted by Gasteiger charge is 2.31. The lowest BCUT2D eigenvalue weighted by Crippen LogP contribution is -2.50. The Hall–Kier alpha value is -1.51. The van der Waals surface area contributed by atoms with Crippen molar-refractivity contribution in [2.45, 2.75) is 32.4 Å². The van der Waals surface area contributed by atoms with Gasteiger partial charge in [-0.15, -0.1) is 0 Å². The molecule has 1 atom stereocenters. The molecule has 0 aliphatic carbocycles. The molecule has 1 heterocycles. The van der Waals surface area contributed by atoms with E-state index in [2.05, 4.69) is 27.9 Å². The summed E-state index contributed by atoms with van der Waals surface area (Å²) in [6, 6.07) is 4.80. The van der Waals surface area contributed by atoms with Crippen LogP contribution < -0.4 is 15.0 Å². The first-order valence-corrected chi connectivity index (χ1v) is 7.95. The lowest BCUT2D eigenvalue weighted by Gasteiger charge is -2.23. The molecule has 0 bridgehead atoms. The van der Waals surface area contributed by atoms with Crippen molar-refractivity contribution in [3.63, 3.8) is 0 Å². The van der Waals surface area contributed by atoms with E-state index in [-0.39, 0.29) is 12.5 Å². The Labute approximate surface area is 143 Å². The van der Waals surface area contributed by atoms with Crippen LogP contribution in [0.2, 0.25) is 0 Å². The molecule has 1 aliphatic heterocycles. The Bertz CT molecular complexity index is 598. The molecule has 6 nitrogen and oxygen atoms in total. The van der Waals surface area contributed by atoms with E-state index < -0.39 is 17.7 Å². The van der Waals surface area contributed by atoms with Crippen LogP contribution >= 0.6 is 22.6 Å². The van der Waals surface area contributed by atoms with Crippen LogP contribution in [0.5, 0.6) is 5.75 Å². The van der Waals surface area contributed by atoms with Crippen molar-refractivity contribution in [1.82, 2.24) is 5.32 Å². The van der Waals surface area contributed by atoms with Crippen molar-refractivity contribution in [3.05, 3.63) is 21.8 Å². The van der Waals surface area contributed by atoms with Gasteiger partial charge in [0.25, 0.3) is 5.91 Å². The second-order valence-corrected chi connectivity index (χ2v) is 7.26. The van der Waals surface area contributed by atoms with Crippen molar-refractivity contribution in [1.29, 1.82) is 0 Å². The van der Waals surface area contributed by atoms with E-state index in [1.807, 2.05) is 18.2 Å². The average Bonchev–Trinajstić information content (AvgIpc) is 2.50. The van der Waals surface area contributed by atoms with Gasteiger partial charge in [0.2, 0.25) is 0 Å². The molecule has 0 spiro atoms. The maximum atomic E-state index is 12.5. The second-order valence-electron chi connectivity index (χ2n) is 6.02. The molecule has 2 rings (SSSR count). The van der Waals surface area contributed by atoms with Crippen LogP contribution in [0, 0.1) is 3.57 Å². The van der Waals surface area contributed by atoms with E-state index in [0.717, 1.165) is 3.57 Å². The molecule has 1 N–H and O–H groups in total. The summed E-state index contributed by atoms with van der Waals surface area (Å²) in [5, 5.41) is 2.57. The van der Waals surface area contributed by atoms with Crippen LogP contribution in [0.25, 0.3) is 0 Å². The van der Waals surface area contributed by atoms with Crippen molar-refractivity contribution >= 4 is 40.3 Å². The number of amides is 2. The van der Waals surface area contributed by atoms with Crippen molar-refractivity contribution in [2.75, 3.05) is 18.6 Å².